The molecule has 2 aromatic rings. The van der Waals surface area contributed by atoms with E-state index in [0.717, 1.165) is 36.8 Å². The number of aromatic hydroxyl groups is 1. The molecule has 2 rings (SSSR count). The number of hydrogen-bond acceptors (Lipinski definition) is 4. The Morgan fingerprint density at radius 3 is 2.38 bits per heavy atom. The molecule has 160 valence electrons. The predicted octanol–water partition coefficient (Wildman–Crippen LogP) is 4.28. The van der Waals surface area contributed by atoms with Crippen molar-refractivity contribution in [3.8, 4) is 17.2 Å². The van der Waals surface area contributed by atoms with Gasteiger partial charge in [0.25, 0.3) is 0 Å². The van der Waals surface area contributed by atoms with Crippen LogP contribution in [0.1, 0.15) is 37.3 Å². The van der Waals surface area contributed by atoms with Gasteiger partial charge in [-0.1, -0.05) is 25.1 Å². The second-order valence-corrected chi connectivity index (χ2v) is 6.59. The maximum atomic E-state index is 9.89. The lowest BCUT2D eigenvalue weighted by Crippen LogP contribution is -2.38. The summed E-state index contributed by atoms with van der Waals surface area (Å²) in [6.07, 6.45) is 0.986. The van der Waals surface area contributed by atoms with Crippen molar-refractivity contribution in [2.45, 2.75) is 32.7 Å². The van der Waals surface area contributed by atoms with Crippen molar-refractivity contribution in [1.82, 2.24) is 10.6 Å². The van der Waals surface area contributed by atoms with E-state index in [-0.39, 0.29) is 29.7 Å². The standard InChI is InChI=1S/C22H31N3O3.HI/c1-5-23-22(25-15-17-6-11-21(28-4)20(26)14-17)24-13-12-16(2)18-7-9-19(27-3)10-8-18;/h6-11,14,16,26H,5,12-13,15H2,1-4H3,(H2,23,24,25);1H. The molecule has 0 bridgehead atoms. The van der Waals surface area contributed by atoms with Crippen molar-refractivity contribution >= 4 is 29.9 Å². The van der Waals surface area contributed by atoms with Crippen LogP contribution in [0.4, 0.5) is 0 Å². The molecule has 1 unspecified atom stereocenters. The molecule has 2 aromatic carbocycles. The zero-order chi connectivity index (χ0) is 20.4. The Hall–Kier alpha value is -2.16. The van der Waals surface area contributed by atoms with Crippen LogP contribution in [0.2, 0.25) is 0 Å². The van der Waals surface area contributed by atoms with Crippen LogP contribution in [-0.4, -0.2) is 38.4 Å². The van der Waals surface area contributed by atoms with Gasteiger partial charge in [0.2, 0.25) is 0 Å². The number of nitrogens with one attached hydrogen (secondary N) is 2. The summed E-state index contributed by atoms with van der Waals surface area (Å²) in [5.41, 5.74) is 2.21. The van der Waals surface area contributed by atoms with Gasteiger partial charge in [0.05, 0.1) is 20.8 Å². The van der Waals surface area contributed by atoms with Crippen LogP contribution in [0, 0.1) is 0 Å². The van der Waals surface area contributed by atoms with E-state index < -0.39 is 0 Å². The predicted molar refractivity (Wildman–Crippen MR) is 129 cm³/mol. The van der Waals surface area contributed by atoms with Crippen LogP contribution in [0.3, 0.4) is 0 Å². The number of rotatable bonds is 9. The maximum absolute atomic E-state index is 9.89. The summed E-state index contributed by atoms with van der Waals surface area (Å²) in [5, 5.41) is 16.5. The minimum absolute atomic E-state index is 0. The summed E-state index contributed by atoms with van der Waals surface area (Å²) >= 11 is 0. The van der Waals surface area contributed by atoms with Gasteiger partial charge in [-0.05, 0) is 54.7 Å². The lowest BCUT2D eigenvalue weighted by atomic mass is 9.98. The minimum Gasteiger partial charge on any atom is -0.504 e. The fourth-order valence-corrected chi connectivity index (χ4v) is 2.85. The average molecular weight is 513 g/mol. The Bertz CT molecular complexity index is 766. The molecule has 0 amide bonds. The van der Waals surface area contributed by atoms with Gasteiger partial charge in [-0.15, -0.1) is 24.0 Å². The van der Waals surface area contributed by atoms with E-state index in [1.807, 2.05) is 25.1 Å². The highest BCUT2D eigenvalue weighted by Gasteiger charge is 2.07. The maximum Gasteiger partial charge on any atom is 0.191 e. The third-order valence-corrected chi connectivity index (χ3v) is 4.56. The zero-order valence-electron chi connectivity index (χ0n) is 17.6. The third-order valence-electron chi connectivity index (χ3n) is 4.56. The zero-order valence-corrected chi connectivity index (χ0v) is 19.9. The first-order valence-electron chi connectivity index (χ1n) is 9.59. The van der Waals surface area contributed by atoms with Gasteiger partial charge >= 0.3 is 0 Å². The average Bonchev–Trinajstić information content (AvgIpc) is 2.72. The number of halogens is 1. The monoisotopic (exact) mass is 513 g/mol. The lowest BCUT2D eigenvalue weighted by molar-refractivity contribution is 0.373. The molecule has 6 nitrogen and oxygen atoms in total. The van der Waals surface area contributed by atoms with E-state index in [9.17, 15) is 5.11 Å². The first-order valence-corrected chi connectivity index (χ1v) is 9.59. The largest absolute Gasteiger partial charge is 0.504 e. The molecule has 7 heteroatoms. The Kier molecular flexibility index (Phi) is 11.3. The lowest BCUT2D eigenvalue weighted by Gasteiger charge is -2.15. The minimum atomic E-state index is 0. The van der Waals surface area contributed by atoms with Crippen LogP contribution in [0.25, 0.3) is 0 Å². The highest BCUT2D eigenvalue weighted by atomic mass is 127. The molecule has 0 saturated carbocycles. The molecule has 0 aliphatic heterocycles. The normalized spacial score (nSPS) is 11.9. The molecule has 0 aliphatic carbocycles. The molecule has 0 spiro atoms. The smallest absolute Gasteiger partial charge is 0.191 e. The van der Waals surface area contributed by atoms with Crippen molar-refractivity contribution in [2.75, 3.05) is 27.3 Å². The molecule has 3 N–H and O–H groups in total. The van der Waals surface area contributed by atoms with E-state index in [4.69, 9.17) is 9.47 Å². The molecule has 1 atom stereocenters. The summed E-state index contributed by atoms with van der Waals surface area (Å²) in [6.45, 7) is 6.33. The van der Waals surface area contributed by atoms with E-state index in [2.05, 4.69) is 34.7 Å². The van der Waals surface area contributed by atoms with Gasteiger partial charge in [-0.25, -0.2) is 4.99 Å². The van der Waals surface area contributed by atoms with E-state index >= 15 is 0 Å². The van der Waals surface area contributed by atoms with Gasteiger partial charge in [-0.3, -0.25) is 0 Å². The summed E-state index contributed by atoms with van der Waals surface area (Å²) in [7, 11) is 3.21. The second-order valence-electron chi connectivity index (χ2n) is 6.59. The number of phenols is 1. The van der Waals surface area contributed by atoms with Gasteiger partial charge in [0.15, 0.2) is 17.5 Å². The molecular weight excluding hydrogens is 481 g/mol. The van der Waals surface area contributed by atoms with Gasteiger partial charge in [0, 0.05) is 13.1 Å². The number of methoxy groups -OCH3 is 2. The molecule has 29 heavy (non-hydrogen) atoms. The number of benzene rings is 2. The van der Waals surface area contributed by atoms with E-state index in [1.165, 1.54) is 12.7 Å². The molecule has 0 fully saturated rings. The number of phenolic OH excluding ortho intramolecular Hbond substituents is 1. The fraction of sp³-hybridized carbons (Fsp3) is 0.409. The van der Waals surface area contributed by atoms with E-state index in [0.29, 0.717) is 18.2 Å². The Morgan fingerprint density at radius 2 is 1.79 bits per heavy atom. The van der Waals surface area contributed by atoms with Crippen molar-refractivity contribution in [3.05, 3.63) is 53.6 Å². The highest BCUT2D eigenvalue weighted by molar-refractivity contribution is 14.0. The second kappa shape index (κ2) is 13.1. The van der Waals surface area contributed by atoms with Crippen LogP contribution >= 0.6 is 24.0 Å². The van der Waals surface area contributed by atoms with Crippen LogP contribution in [0.15, 0.2) is 47.5 Å². The molecule has 0 aliphatic rings. The van der Waals surface area contributed by atoms with Gasteiger partial charge < -0.3 is 25.2 Å². The van der Waals surface area contributed by atoms with E-state index in [1.54, 1.807) is 19.2 Å². The van der Waals surface area contributed by atoms with Crippen molar-refractivity contribution in [2.24, 2.45) is 4.99 Å². The van der Waals surface area contributed by atoms with Crippen molar-refractivity contribution in [3.63, 3.8) is 0 Å². The summed E-state index contributed by atoms with van der Waals surface area (Å²) in [6, 6.07) is 13.5. The topological polar surface area (TPSA) is 75.1 Å². The Labute approximate surface area is 190 Å². The van der Waals surface area contributed by atoms with Crippen molar-refractivity contribution < 1.29 is 14.6 Å². The molecule has 0 saturated heterocycles. The SMILES string of the molecule is CCNC(=NCc1ccc(OC)c(O)c1)NCCC(C)c1ccc(OC)cc1.I. The van der Waals surface area contributed by atoms with Gasteiger partial charge in [0.1, 0.15) is 5.75 Å². The summed E-state index contributed by atoms with van der Waals surface area (Å²) in [4.78, 5) is 4.60. The molecular formula is C22H32IN3O3. The Balaban J connectivity index is 0.00000420. The van der Waals surface area contributed by atoms with Crippen LogP contribution in [0.5, 0.6) is 17.2 Å². The number of guanidine groups is 1. The first-order chi connectivity index (χ1) is 13.6. The fourth-order valence-electron chi connectivity index (χ4n) is 2.85. The van der Waals surface area contributed by atoms with Gasteiger partial charge in [-0.2, -0.15) is 0 Å². The molecule has 0 aromatic heterocycles. The highest BCUT2D eigenvalue weighted by Crippen LogP contribution is 2.26. The van der Waals surface area contributed by atoms with Crippen LogP contribution < -0.4 is 20.1 Å². The first kappa shape index (κ1) is 24.9. The number of hydrogen-bond donors (Lipinski definition) is 3. The van der Waals surface area contributed by atoms with Crippen LogP contribution in [-0.2, 0) is 6.54 Å². The summed E-state index contributed by atoms with van der Waals surface area (Å²) < 4.78 is 10.3. The third kappa shape index (κ3) is 8.00. The number of aliphatic imine (C=N–C) groups is 1. The Morgan fingerprint density at radius 1 is 1.07 bits per heavy atom. The summed E-state index contributed by atoms with van der Waals surface area (Å²) in [5.74, 6) is 2.66. The quantitative estimate of drug-likeness (QED) is 0.265. The van der Waals surface area contributed by atoms with Crippen molar-refractivity contribution in [1.29, 1.82) is 0 Å². The number of nitrogens with zero attached hydrogens (tertiary/aromatic N) is 1. The molecule has 0 radical (unpaired) electrons. The number of ether oxygens (including phenoxy) is 2. The molecule has 0 heterocycles.